The van der Waals surface area contributed by atoms with E-state index in [0.29, 0.717) is 23.8 Å². The standard InChI is InChI=1S/C16H17N5O3/c22-15(11-3-4-17-14(5-11)21-8-18-19-9-21)20-6-12(10-1-2-10)13(7-20)16(23)24/h3-5,8-10,12-13H,1-2,6-7H2,(H,23,24)/t12-,13+/m0/s1. The second-order valence-electron chi connectivity index (χ2n) is 6.43. The van der Waals surface area contributed by atoms with E-state index in [1.54, 1.807) is 27.8 Å². The molecule has 2 aliphatic rings. The third-order valence-electron chi connectivity index (χ3n) is 4.87. The van der Waals surface area contributed by atoms with Crippen LogP contribution in [0.25, 0.3) is 5.82 Å². The van der Waals surface area contributed by atoms with Crippen molar-refractivity contribution in [1.82, 2.24) is 24.6 Å². The Balaban J connectivity index is 1.56. The summed E-state index contributed by atoms with van der Waals surface area (Å²) < 4.78 is 1.62. The molecule has 24 heavy (non-hydrogen) atoms. The molecule has 1 aliphatic carbocycles. The summed E-state index contributed by atoms with van der Waals surface area (Å²) in [6.07, 6.45) is 6.73. The van der Waals surface area contributed by atoms with E-state index in [4.69, 9.17) is 0 Å². The first-order chi connectivity index (χ1) is 11.6. The van der Waals surface area contributed by atoms with Crippen LogP contribution in [-0.4, -0.2) is 54.7 Å². The number of nitrogens with zero attached hydrogens (tertiary/aromatic N) is 5. The van der Waals surface area contributed by atoms with Crippen molar-refractivity contribution in [3.05, 3.63) is 36.5 Å². The van der Waals surface area contributed by atoms with E-state index in [1.807, 2.05) is 0 Å². The first-order valence-electron chi connectivity index (χ1n) is 7.96. The largest absolute Gasteiger partial charge is 0.481 e. The predicted octanol–water partition coefficient (Wildman–Crippen LogP) is 0.845. The maximum atomic E-state index is 12.8. The van der Waals surface area contributed by atoms with E-state index >= 15 is 0 Å². The SMILES string of the molecule is O=C(O)[C@@H]1CN(C(=O)c2ccnc(-n3cnnc3)c2)C[C@H]1C1CC1. The fraction of sp³-hybridized carbons (Fsp3) is 0.438. The van der Waals surface area contributed by atoms with E-state index in [-0.39, 0.29) is 18.4 Å². The summed E-state index contributed by atoms with van der Waals surface area (Å²) in [7, 11) is 0. The van der Waals surface area contributed by atoms with E-state index in [1.165, 1.54) is 12.7 Å². The Hall–Kier alpha value is -2.77. The van der Waals surface area contributed by atoms with Gasteiger partial charge in [-0.05, 0) is 36.8 Å². The van der Waals surface area contributed by atoms with Crippen molar-refractivity contribution in [2.75, 3.05) is 13.1 Å². The average molecular weight is 327 g/mol. The zero-order chi connectivity index (χ0) is 16.7. The lowest BCUT2D eigenvalue weighted by molar-refractivity contribution is -0.142. The van der Waals surface area contributed by atoms with Crippen LogP contribution in [0.15, 0.2) is 31.0 Å². The molecule has 2 fully saturated rings. The molecule has 1 saturated heterocycles. The van der Waals surface area contributed by atoms with Crippen LogP contribution in [-0.2, 0) is 4.79 Å². The number of carboxylic acid groups (broad SMARTS) is 1. The number of hydrogen-bond donors (Lipinski definition) is 1. The summed E-state index contributed by atoms with van der Waals surface area (Å²) in [4.78, 5) is 30.1. The number of likely N-dealkylation sites (tertiary alicyclic amines) is 1. The first kappa shape index (κ1) is 14.8. The Labute approximate surface area is 138 Å². The summed E-state index contributed by atoms with van der Waals surface area (Å²) in [5, 5.41) is 16.9. The van der Waals surface area contributed by atoms with Gasteiger partial charge in [0.1, 0.15) is 18.5 Å². The number of aromatic nitrogens is 4. The summed E-state index contributed by atoms with van der Waals surface area (Å²) in [6.45, 7) is 0.796. The molecule has 0 radical (unpaired) electrons. The molecule has 0 aromatic carbocycles. The van der Waals surface area contributed by atoms with Gasteiger partial charge >= 0.3 is 5.97 Å². The molecule has 8 heteroatoms. The number of pyridine rings is 1. The zero-order valence-electron chi connectivity index (χ0n) is 12.9. The molecular weight excluding hydrogens is 310 g/mol. The van der Waals surface area contributed by atoms with Crippen molar-refractivity contribution in [2.24, 2.45) is 17.8 Å². The number of carboxylic acids is 1. The summed E-state index contributed by atoms with van der Waals surface area (Å²) in [5.41, 5.74) is 0.495. The van der Waals surface area contributed by atoms with Crippen molar-refractivity contribution in [3.8, 4) is 5.82 Å². The minimum atomic E-state index is -0.804. The Morgan fingerprint density at radius 3 is 2.58 bits per heavy atom. The number of aliphatic carboxylic acids is 1. The summed E-state index contributed by atoms with van der Waals surface area (Å²) >= 11 is 0. The minimum Gasteiger partial charge on any atom is -0.481 e. The Morgan fingerprint density at radius 1 is 1.17 bits per heavy atom. The highest BCUT2D eigenvalue weighted by molar-refractivity contribution is 5.95. The van der Waals surface area contributed by atoms with Crippen molar-refractivity contribution in [3.63, 3.8) is 0 Å². The van der Waals surface area contributed by atoms with Gasteiger partial charge in [-0.3, -0.25) is 14.2 Å². The van der Waals surface area contributed by atoms with Crippen LogP contribution in [0.2, 0.25) is 0 Å². The van der Waals surface area contributed by atoms with E-state index in [0.717, 1.165) is 12.8 Å². The van der Waals surface area contributed by atoms with Gasteiger partial charge in [0.25, 0.3) is 5.91 Å². The molecule has 2 aromatic heterocycles. The maximum Gasteiger partial charge on any atom is 0.308 e. The number of hydrogen-bond acceptors (Lipinski definition) is 5. The lowest BCUT2D eigenvalue weighted by atomic mass is 9.92. The number of carbonyl (C=O) groups is 2. The second-order valence-corrected chi connectivity index (χ2v) is 6.43. The molecule has 124 valence electrons. The number of carbonyl (C=O) groups excluding carboxylic acids is 1. The van der Waals surface area contributed by atoms with Gasteiger partial charge in [-0.15, -0.1) is 10.2 Å². The normalized spacial score (nSPS) is 23.4. The van der Waals surface area contributed by atoms with Crippen LogP contribution in [0, 0.1) is 17.8 Å². The van der Waals surface area contributed by atoms with E-state index < -0.39 is 11.9 Å². The lowest BCUT2D eigenvalue weighted by Gasteiger charge is -2.16. The predicted molar refractivity (Wildman–Crippen MR) is 82.4 cm³/mol. The van der Waals surface area contributed by atoms with Gasteiger partial charge in [-0.1, -0.05) is 0 Å². The van der Waals surface area contributed by atoms with Crippen LogP contribution in [0.5, 0.6) is 0 Å². The molecule has 0 unspecified atom stereocenters. The van der Waals surface area contributed by atoms with Crippen LogP contribution in [0.3, 0.4) is 0 Å². The van der Waals surface area contributed by atoms with Crippen molar-refractivity contribution in [1.29, 1.82) is 0 Å². The topological polar surface area (TPSA) is 101 Å². The molecular formula is C16H17N5O3. The van der Waals surface area contributed by atoms with Gasteiger partial charge in [0, 0.05) is 24.8 Å². The van der Waals surface area contributed by atoms with Gasteiger partial charge in [-0.25, -0.2) is 4.98 Å². The average Bonchev–Trinajstić information content (AvgIpc) is 3.12. The number of amides is 1. The molecule has 1 amide bonds. The van der Waals surface area contributed by atoms with Crippen molar-refractivity contribution in [2.45, 2.75) is 12.8 Å². The van der Waals surface area contributed by atoms with Gasteiger partial charge in [0.05, 0.1) is 5.92 Å². The quantitative estimate of drug-likeness (QED) is 0.893. The van der Waals surface area contributed by atoms with Gasteiger partial charge in [0.2, 0.25) is 0 Å². The fourth-order valence-electron chi connectivity index (χ4n) is 3.45. The van der Waals surface area contributed by atoms with E-state index in [2.05, 4.69) is 15.2 Å². The van der Waals surface area contributed by atoms with Gasteiger partial charge in [0.15, 0.2) is 0 Å². The van der Waals surface area contributed by atoms with Crippen LogP contribution in [0.1, 0.15) is 23.2 Å². The summed E-state index contributed by atoms with van der Waals surface area (Å²) in [6, 6.07) is 3.32. The maximum absolute atomic E-state index is 12.8. The van der Waals surface area contributed by atoms with Crippen LogP contribution < -0.4 is 0 Å². The lowest BCUT2D eigenvalue weighted by Crippen LogP contribution is -2.30. The first-order valence-corrected chi connectivity index (χ1v) is 7.96. The Bertz CT molecular complexity index is 772. The minimum absolute atomic E-state index is 0.0746. The Morgan fingerprint density at radius 2 is 1.92 bits per heavy atom. The van der Waals surface area contributed by atoms with Crippen molar-refractivity contribution < 1.29 is 14.7 Å². The van der Waals surface area contributed by atoms with Gasteiger partial charge in [-0.2, -0.15) is 0 Å². The van der Waals surface area contributed by atoms with E-state index in [9.17, 15) is 14.7 Å². The van der Waals surface area contributed by atoms with Crippen LogP contribution >= 0.6 is 0 Å². The highest BCUT2D eigenvalue weighted by atomic mass is 16.4. The third-order valence-corrected chi connectivity index (χ3v) is 4.87. The third kappa shape index (κ3) is 2.64. The smallest absolute Gasteiger partial charge is 0.308 e. The summed E-state index contributed by atoms with van der Waals surface area (Å²) in [5.74, 6) is -0.332. The molecule has 2 atom stereocenters. The molecule has 1 saturated carbocycles. The molecule has 1 N–H and O–H groups in total. The second kappa shape index (κ2) is 5.70. The van der Waals surface area contributed by atoms with Gasteiger partial charge < -0.3 is 10.0 Å². The zero-order valence-corrected chi connectivity index (χ0v) is 12.9. The van der Waals surface area contributed by atoms with Crippen molar-refractivity contribution >= 4 is 11.9 Å². The molecule has 1 aliphatic heterocycles. The highest BCUT2D eigenvalue weighted by Crippen LogP contribution is 2.44. The molecule has 0 bridgehead atoms. The van der Waals surface area contributed by atoms with Crippen LogP contribution in [0.4, 0.5) is 0 Å². The molecule has 0 spiro atoms. The highest BCUT2D eigenvalue weighted by Gasteiger charge is 2.46. The molecule has 8 nitrogen and oxygen atoms in total. The molecule has 2 aromatic rings. The molecule has 4 rings (SSSR count). The number of rotatable bonds is 4. The monoisotopic (exact) mass is 327 g/mol. The Kier molecular flexibility index (Phi) is 3.51. The fourth-order valence-corrected chi connectivity index (χ4v) is 3.45. The molecule has 3 heterocycles.